The predicted octanol–water partition coefficient (Wildman–Crippen LogP) is 5.17. The third kappa shape index (κ3) is 7.80. The van der Waals surface area contributed by atoms with E-state index in [0.29, 0.717) is 17.1 Å². The molecule has 3 rings (SSSR count). The molecular formula is C29H33ClFN3O4S. The summed E-state index contributed by atoms with van der Waals surface area (Å²) in [4.78, 5) is 28.1. The molecule has 1 atom stereocenters. The highest BCUT2D eigenvalue weighted by Crippen LogP contribution is 2.26. The van der Waals surface area contributed by atoms with Crippen LogP contribution in [-0.4, -0.2) is 44.3 Å². The smallest absolute Gasteiger partial charge is 0.264 e. The second-order valence-corrected chi connectivity index (χ2v) is 12.0. The van der Waals surface area contributed by atoms with Crippen molar-refractivity contribution in [1.82, 2.24) is 10.2 Å². The summed E-state index contributed by atoms with van der Waals surface area (Å²) in [6.45, 7) is 7.10. The zero-order chi connectivity index (χ0) is 28.7. The minimum Gasteiger partial charge on any atom is -0.354 e. The van der Waals surface area contributed by atoms with E-state index in [1.54, 1.807) is 43.3 Å². The van der Waals surface area contributed by atoms with E-state index in [-0.39, 0.29) is 29.0 Å². The van der Waals surface area contributed by atoms with Crippen molar-refractivity contribution in [3.8, 4) is 0 Å². The van der Waals surface area contributed by atoms with Crippen LogP contribution >= 0.6 is 11.6 Å². The van der Waals surface area contributed by atoms with Gasteiger partial charge in [0.25, 0.3) is 10.0 Å². The Morgan fingerprint density at radius 2 is 1.56 bits per heavy atom. The molecule has 0 heterocycles. The summed E-state index contributed by atoms with van der Waals surface area (Å²) < 4.78 is 42.1. The molecule has 0 aliphatic heterocycles. The van der Waals surface area contributed by atoms with Crippen LogP contribution < -0.4 is 9.62 Å². The normalized spacial score (nSPS) is 12.2. The fourth-order valence-electron chi connectivity index (χ4n) is 3.82. The second-order valence-electron chi connectivity index (χ2n) is 9.73. The standard InChI is InChI=1S/C29H33ClFN3O4S/c1-20(2)17-32-29(36)22(4)33(18-23-7-5-6-8-27(23)30)28(35)19-34(25-13-11-24(31)12-14-25)39(37,38)26-15-9-21(3)10-16-26/h5-16,20,22H,17-19H2,1-4H3,(H,32,36)/t22-/m1/s1. The summed E-state index contributed by atoms with van der Waals surface area (Å²) in [6, 6.07) is 17.1. The summed E-state index contributed by atoms with van der Waals surface area (Å²) >= 11 is 6.36. The number of carbonyl (C=O) groups is 2. The number of nitrogens with zero attached hydrogens (tertiary/aromatic N) is 2. The van der Waals surface area contributed by atoms with Gasteiger partial charge in [-0.05, 0) is 67.8 Å². The molecule has 0 saturated heterocycles. The van der Waals surface area contributed by atoms with Gasteiger partial charge in [-0.3, -0.25) is 13.9 Å². The van der Waals surface area contributed by atoms with Gasteiger partial charge < -0.3 is 10.2 Å². The van der Waals surface area contributed by atoms with Crippen LogP contribution in [0.3, 0.4) is 0 Å². The monoisotopic (exact) mass is 573 g/mol. The predicted molar refractivity (Wildman–Crippen MR) is 151 cm³/mol. The molecule has 2 amide bonds. The van der Waals surface area contributed by atoms with E-state index in [1.807, 2.05) is 20.8 Å². The fourth-order valence-corrected chi connectivity index (χ4v) is 5.43. The minimum atomic E-state index is -4.22. The second kappa shape index (κ2) is 13.1. The molecule has 0 fully saturated rings. The van der Waals surface area contributed by atoms with E-state index in [0.717, 1.165) is 22.0 Å². The molecule has 0 aromatic heterocycles. The van der Waals surface area contributed by atoms with E-state index < -0.39 is 34.3 Å². The van der Waals surface area contributed by atoms with E-state index in [2.05, 4.69) is 5.32 Å². The van der Waals surface area contributed by atoms with Crippen LogP contribution in [0, 0.1) is 18.7 Å². The number of rotatable bonds is 11. The molecule has 0 unspecified atom stereocenters. The number of nitrogens with one attached hydrogen (secondary N) is 1. The number of aryl methyl sites for hydroxylation is 1. The van der Waals surface area contributed by atoms with Crippen LogP contribution in [0.1, 0.15) is 31.9 Å². The summed E-state index contributed by atoms with van der Waals surface area (Å²) in [6.07, 6.45) is 0. The van der Waals surface area contributed by atoms with Crippen molar-refractivity contribution in [1.29, 1.82) is 0 Å². The minimum absolute atomic E-state index is 0.0173. The maximum Gasteiger partial charge on any atom is 0.264 e. The van der Waals surface area contributed by atoms with Crippen molar-refractivity contribution >= 4 is 39.1 Å². The number of amides is 2. The first-order valence-electron chi connectivity index (χ1n) is 12.6. The lowest BCUT2D eigenvalue weighted by Crippen LogP contribution is -2.51. The summed E-state index contributed by atoms with van der Waals surface area (Å²) in [5.41, 5.74) is 1.58. The third-order valence-electron chi connectivity index (χ3n) is 6.15. The molecule has 10 heteroatoms. The Kier molecular flexibility index (Phi) is 10.1. The van der Waals surface area contributed by atoms with Crippen molar-refractivity contribution in [2.45, 2.75) is 45.2 Å². The Morgan fingerprint density at radius 3 is 2.15 bits per heavy atom. The van der Waals surface area contributed by atoms with Gasteiger partial charge in [0.05, 0.1) is 10.6 Å². The highest BCUT2D eigenvalue weighted by Gasteiger charge is 2.32. The Morgan fingerprint density at radius 1 is 0.949 bits per heavy atom. The molecule has 7 nitrogen and oxygen atoms in total. The van der Waals surface area contributed by atoms with E-state index in [1.165, 1.54) is 29.2 Å². The van der Waals surface area contributed by atoms with Gasteiger partial charge in [0.15, 0.2) is 0 Å². The van der Waals surface area contributed by atoms with Gasteiger partial charge in [-0.25, -0.2) is 12.8 Å². The Balaban J connectivity index is 2.01. The SMILES string of the molecule is Cc1ccc(S(=O)(=O)N(CC(=O)N(Cc2ccccc2Cl)[C@H](C)C(=O)NCC(C)C)c2ccc(F)cc2)cc1. The zero-order valence-corrected chi connectivity index (χ0v) is 24.0. The molecule has 208 valence electrons. The molecule has 1 N–H and O–H groups in total. The lowest BCUT2D eigenvalue weighted by Gasteiger charge is -2.32. The van der Waals surface area contributed by atoms with Crippen LogP contribution in [-0.2, 0) is 26.2 Å². The average Bonchev–Trinajstić information content (AvgIpc) is 2.90. The fraction of sp³-hybridized carbons (Fsp3) is 0.310. The quantitative estimate of drug-likeness (QED) is 0.343. The van der Waals surface area contributed by atoms with Gasteiger partial charge in [0, 0.05) is 18.1 Å². The molecule has 0 aliphatic rings. The topological polar surface area (TPSA) is 86.8 Å². The molecule has 0 radical (unpaired) electrons. The Hall–Kier alpha value is -3.43. The van der Waals surface area contributed by atoms with Crippen LogP contribution in [0.2, 0.25) is 5.02 Å². The van der Waals surface area contributed by atoms with Gasteiger partial charge >= 0.3 is 0 Å². The van der Waals surface area contributed by atoms with E-state index >= 15 is 0 Å². The van der Waals surface area contributed by atoms with Gasteiger partial charge in [0.1, 0.15) is 18.4 Å². The number of sulfonamides is 1. The summed E-state index contributed by atoms with van der Waals surface area (Å²) in [5.74, 6) is -1.35. The Labute approximate surface area is 234 Å². The molecule has 0 bridgehead atoms. The molecule has 3 aromatic rings. The maximum absolute atomic E-state index is 13.8. The largest absolute Gasteiger partial charge is 0.354 e. The maximum atomic E-state index is 13.8. The van der Waals surface area contributed by atoms with Crippen LogP contribution in [0.4, 0.5) is 10.1 Å². The number of benzene rings is 3. The first kappa shape index (κ1) is 30.1. The first-order chi connectivity index (χ1) is 18.4. The molecular weight excluding hydrogens is 541 g/mol. The first-order valence-corrected chi connectivity index (χ1v) is 14.4. The summed E-state index contributed by atoms with van der Waals surface area (Å²) in [7, 11) is -4.22. The number of carbonyl (C=O) groups excluding carboxylic acids is 2. The van der Waals surface area contributed by atoms with E-state index in [4.69, 9.17) is 11.6 Å². The zero-order valence-electron chi connectivity index (χ0n) is 22.4. The van der Waals surface area contributed by atoms with E-state index in [9.17, 15) is 22.4 Å². The molecule has 0 saturated carbocycles. The van der Waals surface area contributed by atoms with Crippen molar-refractivity contribution in [3.63, 3.8) is 0 Å². The van der Waals surface area contributed by atoms with Gasteiger partial charge in [-0.15, -0.1) is 0 Å². The lowest BCUT2D eigenvalue weighted by molar-refractivity contribution is -0.139. The Bertz CT molecular complexity index is 1400. The molecule has 0 aliphatic carbocycles. The van der Waals surface area contributed by atoms with Crippen LogP contribution in [0.15, 0.2) is 77.7 Å². The van der Waals surface area contributed by atoms with Crippen molar-refractivity contribution in [2.24, 2.45) is 5.92 Å². The number of anilines is 1. The summed E-state index contributed by atoms with van der Waals surface area (Å²) in [5, 5.41) is 3.24. The van der Waals surface area contributed by atoms with Crippen LogP contribution in [0.25, 0.3) is 0 Å². The van der Waals surface area contributed by atoms with Crippen molar-refractivity contribution < 1.29 is 22.4 Å². The van der Waals surface area contributed by atoms with Gasteiger partial charge in [-0.1, -0.05) is 61.3 Å². The molecule has 0 spiro atoms. The molecule has 39 heavy (non-hydrogen) atoms. The lowest BCUT2D eigenvalue weighted by atomic mass is 10.1. The highest BCUT2D eigenvalue weighted by atomic mass is 35.5. The highest BCUT2D eigenvalue weighted by molar-refractivity contribution is 7.92. The van der Waals surface area contributed by atoms with Gasteiger partial charge in [-0.2, -0.15) is 0 Å². The number of halogens is 2. The third-order valence-corrected chi connectivity index (χ3v) is 8.31. The molecule has 3 aromatic carbocycles. The number of hydrogen-bond donors (Lipinski definition) is 1. The van der Waals surface area contributed by atoms with Gasteiger partial charge in [0.2, 0.25) is 11.8 Å². The average molecular weight is 574 g/mol. The number of hydrogen-bond acceptors (Lipinski definition) is 4. The van der Waals surface area contributed by atoms with Crippen molar-refractivity contribution in [2.75, 3.05) is 17.4 Å². The van der Waals surface area contributed by atoms with Crippen molar-refractivity contribution in [3.05, 3.63) is 94.8 Å². The van der Waals surface area contributed by atoms with Crippen LogP contribution in [0.5, 0.6) is 0 Å².